The molecular weight excluding hydrogens is 250 g/mol. The van der Waals surface area contributed by atoms with Crippen LogP contribution in [-0.2, 0) is 4.79 Å². The molecule has 0 saturated heterocycles. The molecule has 0 aliphatic heterocycles. The van der Waals surface area contributed by atoms with E-state index in [1.807, 2.05) is 0 Å². The molecule has 0 heterocycles. The van der Waals surface area contributed by atoms with Gasteiger partial charge in [-0.3, -0.25) is 4.79 Å². The number of rotatable bonds is 6. The van der Waals surface area contributed by atoms with Crippen molar-refractivity contribution >= 4 is 5.91 Å². The zero-order chi connectivity index (χ0) is 14.2. The number of quaternary nitrogens is 2. The minimum atomic E-state index is 0.187. The molecule has 0 spiro atoms. The van der Waals surface area contributed by atoms with Crippen LogP contribution in [0.25, 0.3) is 0 Å². The van der Waals surface area contributed by atoms with E-state index in [0.717, 1.165) is 30.8 Å². The first kappa shape index (κ1) is 14.3. The third kappa shape index (κ3) is 3.17. The van der Waals surface area contributed by atoms with Crippen molar-refractivity contribution in [2.75, 3.05) is 33.7 Å². The van der Waals surface area contributed by atoms with Gasteiger partial charge in [-0.1, -0.05) is 0 Å². The highest BCUT2D eigenvalue weighted by Gasteiger charge is 2.51. The molecule has 4 bridgehead atoms. The Morgan fingerprint density at radius 1 is 1.15 bits per heavy atom. The molecule has 4 saturated carbocycles. The molecule has 4 nitrogen and oxygen atoms in total. The number of nitrogens with one attached hydrogen (secondary N) is 2. The van der Waals surface area contributed by atoms with E-state index < -0.39 is 0 Å². The summed E-state index contributed by atoms with van der Waals surface area (Å²) >= 11 is 0. The van der Waals surface area contributed by atoms with Crippen molar-refractivity contribution in [3.63, 3.8) is 0 Å². The second-order valence-electron chi connectivity index (χ2n) is 7.98. The van der Waals surface area contributed by atoms with Crippen LogP contribution in [0.4, 0.5) is 0 Å². The lowest BCUT2D eigenvalue weighted by Gasteiger charge is -2.56. The SMILES string of the molecule is C[NH+](C)CC[NH2+]CC(=O)NC12CC3CC(CC(C3)C1)C2. The quantitative estimate of drug-likeness (QED) is 0.525. The maximum absolute atomic E-state index is 12.2. The van der Waals surface area contributed by atoms with E-state index >= 15 is 0 Å². The smallest absolute Gasteiger partial charge is 0.275 e. The zero-order valence-corrected chi connectivity index (χ0v) is 13.1. The lowest BCUT2D eigenvalue weighted by atomic mass is 9.53. The summed E-state index contributed by atoms with van der Waals surface area (Å²) in [6.45, 7) is 2.76. The molecule has 1 amide bonds. The predicted molar refractivity (Wildman–Crippen MR) is 78.4 cm³/mol. The summed E-state index contributed by atoms with van der Waals surface area (Å²) in [5.74, 6) is 2.98. The first-order valence-electron chi connectivity index (χ1n) is 8.46. The number of carbonyl (C=O) groups is 1. The van der Waals surface area contributed by atoms with E-state index in [9.17, 15) is 4.79 Å². The molecule has 0 aromatic carbocycles. The Hall–Kier alpha value is -0.610. The summed E-state index contributed by atoms with van der Waals surface area (Å²) in [6.07, 6.45) is 8.08. The van der Waals surface area contributed by atoms with Gasteiger partial charge in [-0.15, -0.1) is 0 Å². The standard InChI is InChI=1S/C16H29N3O/c1-19(2)4-3-17-11-15(20)18-16-8-12-5-13(9-16)7-14(6-12)10-16/h12-14,17H,3-11H2,1-2H3,(H,18,20)/p+2. The topological polar surface area (TPSA) is 50.2 Å². The average molecular weight is 281 g/mol. The van der Waals surface area contributed by atoms with Crippen molar-refractivity contribution in [3.05, 3.63) is 0 Å². The van der Waals surface area contributed by atoms with Crippen LogP contribution in [0.2, 0.25) is 0 Å². The van der Waals surface area contributed by atoms with Gasteiger partial charge in [0.1, 0.15) is 13.1 Å². The number of amides is 1. The summed E-state index contributed by atoms with van der Waals surface area (Å²) in [7, 11) is 4.31. The van der Waals surface area contributed by atoms with Crippen molar-refractivity contribution < 1.29 is 15.0 Å². The van der Waals surface area contributed by atoms with Gasteiger partial charge in [0.05, 0.1) is 14.1 Å². The number of carbonyl (C=O) groups excluding carboxylic acids is 1. The van der Waals surface area contributed by atoms with Crippen LogP contribution in [-0.4, -0.2) is 45.2 Å². The minimum absolute atomic E-state index is 0.187. The van der Waals surface area contributed by atoms with Gasteiger partial charge in [-0.2, -0.15) is 0 Å². The van der Waals surface area contributed by atoms with Crippen molar-refractivity contribution in [1.29, 1.82) is 0 Å². The molecule has 0 radical (unpaired) electrons. The molecule has 4 heteroatoms. The van der Waals surface area contributed by atoms with Gasteiger partial charge in [-0.25, -0.2) is 0 Å². The summed E-state index contributed by atoms with van der Waals surface area (Å²) < 4.78 is 0. The average Bonchev–Trinajstić information content (AvgIpc) is 2.32. The van der Waals surface area contributed by atoms with Crippen LogP contribution in [0.1, 0.15) is 38.5 Å². The molecular formula is C16H31N3O+2. The third-order valence-electron chi connectivity index (χ3n) is 5.62. The lowest BCUT2D eigenvalue weighted by Crippen LogP contribution is -3.09. The Morgan fingerprint density at radius 3 is 2.20 bits per heavy atom. The summed E-state index contributed by atoms with van der Waals surface area (Å²) in [5.41, 5.74) is 0.187. The maximum Gasteiger partial charge on any atom is 0.275 e. The molecule has 0 aromatic heterocycles. The van der Waals surface area contributed by atoms with E-state index in [4.69, 9.17) is 0 Å². The van der Waals surface area contributed by atoms with Crippen LogP contribution >= 0.6 is 0 Å². The van der Waals surface area contributed by atoms with E-state index in [-0.39, 0.29) is 11.4 Å². The molecule has 0 atom stereocenters. The van der Waals surface area contributed by atoms with Gasteiger partial charge in [0, 0.05) is 5.54 Å². The predicted octanol–water partition coefficient (Wildman–Crippen LogP) is -1.22. The second-order valence-corrected chi connectivity index (χ2v) is 7.98. The van der Waals surface area contributed by atoms with Crippen LogP contribution in [0, 0.1) is 17.8 Å². The Kier molecular flexibility index (Phi) is 4.04. The third-order valence-corrected chi connectivity index (χ3v) is 5.62. The van der Waals surface area contributed by atoms with Gasteiger partial charge >= 0.3 is 0 Å². The van der Waals surface area contributed by atoms with Gasteiger partial charge in [0.15, 0.2) is 6.54 Å². The lowest BCUT2D eigenvalue weighted by molar-refractivity contribution is -0.873. The number of likely N-dealkylation sites (N-methyl/N-ethyl adjacent to an activating group) is 1. The fourth-order valence-corrected chi connectivity index (χ4v) is 5.23. The van der Waals surface area contributed by atoms with Gasteiger partial charge in [0.25, 0.3) is 5.91 Å². The molecule has 4 aliphatic rings. The molecule has 114 valence electrons. The number of hydrogen-bond donors (Lipinski definition) is 3. The van der Waals surface area contributed by atoms with Crippen LogP contribution in [0.5, 0.6) is 0 Å². The van der Waals surface area contributed by atoms with Crippen LogP contribution in [0.15, 0.2) is 0 Å². The van der Waals surface area contributed by atoms with Gasteiger partial charge in [0.2, 0.25) is 0 Å². The second kappa shape index (κ2) is 5.64. The van der Waals surface area contributed by atoms with Crippen molar-refractivity contribution in [2.45, 2.75) is 44.1 Å². The van der Waals surface area contributed by atoms with Gasteiger partial charge < -0.3 is 15.5 Å². The Labute approximate surface area is 122 Å². The van der Waals surface area contributed by atoms with Gasteiger partial charge in [-0.05, 0) is 56.3 Å². The first-order valence-corrected chi connectivity index (χ1v) is 8.46. The fourth-order valence-electron chi connectivity index (χ4n) is 5.23. The Morgan fingerprint density at radius 2 is 1.70 bits per heavy atom. The highest BCUT2D eigenvalue weighted by Crippen LogP contribution is 2.55. The van der Waals surface area contributed by atoms with E-state index in [1.54, 1.807) is 0 Å². The highest BCUT2D eigenvalue weighted by molar-refractivity contribution is 5.77. The zero-order valence-electron chi connectivity index (χ0n) is 13.1. The number of nitrogens with two attached hydrogens (primary N) is 1. The largest absolute Gasteiger partial charge is 0.346 e. The molecule has 20 heavy (non-hydrogen) atoms. The molecule has 0 aromatic rings. The molecule has 4 N–H and O–H groups in total. The highest BCUT2D eigenvalue weighted by atomic mass is 16.2. The van der Waals surface area contributed by atoms with Crippen LogP contribution in [0.3, 0.4) is 0 Å². The molecule has 4 rings (SSSR count). The summed E-state index contributed by atoms with van der Waals surface area (Å²) in [6, 6.07) is 0. The van der Waals surface area contributed by atoms with E-state index in [0.29, 0.717) is 6.54 Å². The Bertz CT molecular complexity index is 331. The molecule has 4 fully saturated rings. The van der Waals surface area contributed by atoms with Crippen molar-refractivity contribution in [3.8, 4) is 0 Å². The van der Waals surface area contributed by atoms with Crippen molar-refractivity contribution in [2.24, 2.45) is 17.8 Å². The van der Waals surface area contributed by atoms with Crippen molar-refractivity contribution in [1.82, 2.24) is 5.32 Å². The number of hydrogen-bond acceptors (Lipinski definition) is 1. The molecule has 4 aliphatic carbocycles. The monoisotopic (exact) mass is 281 g/mol. The minimum Gasteiger partial charge on any atom is -0.346 e. The van der Waals surface area contributed by atoms with Crippen LogP contribution < -0.4 is 15.5 Å². The summed E-state index contributed by atoms with van der Waals surface area (Å²) in [4.78, 5) is 13.7. The summed E-state index contributed by atoms with van der Waals surface area (Å²) in [5, 5.41) is 5.59. The van der Waals surface area contributed by atoms with E-state index in [2.05, 4.69) is 24.7 Å². The fraction of sp³-hybridized carbons (Fsp3) is 0.938. The molecule has 0 unspecified atom stereocenters. The first-order chi connectivity index (χ1) is 9.55. The Balaban J connectivity index is 1.46. The van der Waals surface area contributed by atoms with E-state index in [1.165, 1.54) is 43.4 Å². The maximum atomic E-state index is 12.2. The normalized spacial score (nSPS) is 38.5.